The van der Waals surface area contributed by atoms with Gasteiger partial charge in [0.15, 0.2) is 0 Å². The lowest BCUT2D eigenvalue weighted by Crippen LogP contribution is -2.24. The number of hydrogen-bond donors (Lipinski definition) is 0. The van der Waals surface area contributed by atoms with Crippen LogP contribution in [0.4, 0.5) is 4.39 Å². The molecule has 2 aromatic rings. The molecule has 5 heteroatoms. The Kier molecular flexibility index (Phi) is 3.79. The van der Waals surface area contributed by atoms with Gasteiger partial charge in [0.1, 0.15) is 5.82 Å². The maximum absolute atomic E-state index is 13.0. The topological polar surface area (TPSA) is 48.3 Å². The fourth-order valence-corrected chi connectivity index (χ4v) is 2.97. The van der Waals surface area contributed by atoms with E-state index in [1.165, 1.54) is 31.4 Å². The van der Waals surface area contributed by atoms with Crippen molar-refractivity contribution in [1.82, 2.24) is 4.57 Å². The van der Waals surface area contributed by atoms with Gasteiger partial charge < -0.3 is 9.30 Å². The molecule has 3 rings (SSSR count). The lowest BCUT2D eigenvalue weighted by atomic mass is 9.96. The zero-order valence-electron chi connectivity index (χ0n) is 12.2. The second-order valence-corrected chi connectivity index (χ2v) is 5.35. The molecule has 1 atom stereocenters. The molecular formula is C17H16FNO3. The first kappa shape index (κ1) is 14.5. The molecule has 0 saturated heterocycles. The van der Waals surface area contributed by atoms with Crippen molar-refractivity contribution in [2.45, 2.75) is 25.3 Å². The van der Waals surface area contributed by atoms with E-state index in [-0.39, 0.29) is 23.5 Å². The van der Waals surface area contributed by atoms with Gasteiger partial charge in [0.25, 0.3) is 0 Å². The predicted octanol–water partition coefficient (Wildman–Crippen LogP) is 2.91. The Morgan fingerprint density at radius 3 is 2.59 bits per heavy atom. The van der Waals surface area contributed by atoms with Crippen LogP contribution in [0, 0.1) is 5.82 Å². The van der Waals surface area contributed by atoms with Crippen molar-refractivity contribution >= 4 is 11.8 Å². The number of esters is 1. The Labute approximate surface area is 127 Å². The summed E-state index contributed by atoms with van der Waals surface area (Å²) in [4.78, 5) is 24.4. The highest BCUT2D eigenvalue weighted by Crippen LogP contribution is 2.31. The Morgan fingerprint density at radius 1 is 1.18 bits per heavy atom. The monoisotopic (exact) mass is 301 g/mol. The van der Waals surface area contributed by atoms with Crippen LogP contribution in [-0.2, 0) is 16.1 Å². The van der Waals surface area contributed by atoms with Crippen LogP contribution in [-0.4, -0.2) is 23.4 Å². The normalized spacial score (nSPS) is 16.9. The maximum atomic E-state index is 13.0. The molecule has 0 fully saturated rings. The third-order valence-electron chi connectivity index (χ3n) is 4.07. The van der Waals surface area contributed by atoms with Crippen molar-refractivity contribution in [2.75, 3.05) is 7.11 Å². The van der Waals surface area contributed by atoms with E-state index < -0.39 is 0 Å². The largest absolute Gasteiger partial charge is 0.469 e. The number of ketones is 1. The highest BCUT2D eigenvalue weighted by atomic mass is 19.1. The number of hydrogen-bond acceptors (Lipinski definition) is 3. The molecule has 0 N–H and O–H groups in total. The summed E-state index contributed by atoms with van der Waals surface area (Å²) in [5.41, 5.74) is 1.77. The molecule has 0 radical (unpaired) electrons. The van der Waals surface area contributed by atoms with Crippen LogP contribution in [0.3, 0.4) is 0 Å². The molecule has 0 bridgehead atoms. The van der Waals surface area contributed by atoms with Crippen LogP contribution in [0.25, 0.3) is 0 Å². The third-order valence-corrected chi connectivity index (χ3v) is 4.07. The number of aromatic nitrogens is 1. The summed E-state index contributed by atoms with van der Waals surface area (Å²) >= 11 is 0. The highest BCUT2D eigenvalue weighted by molar-refractivity contribution is 6.08. The number of halogens is 1. The van der Waals surface area contributed by atoms with Gasteiger partial charge in [0.2, 0.25) is 5.78 Å². The van der Waals surface area contributed by atoms with E-state index in [2.05, 4.69) is 0 Å². The van der Waals surface area contributed by atoms with Gasteiger partial charge in [-0.25, -0.2) is 4.39 Å². The molecule has 1 unspecified atom stereocenters. The van der Waals surface area contributed by atoms with E-state index in [4.69, 9.17) is 4.74 Å². The van der Waals surface area contributed by atoms with E-state index >= 15 is 0 Å². The smallest absolute Gasteiger partial charge is 0.314 e. The average Bonchev–Trinajstić information content (AvgIpc) is 2.98. The lowest BCUT2D eigenvalue weighted by Gasteiger charge is -2.24. The zero-order valence-corrected chi connectivity index (χ0v) is 12.2. The van der Waals surface area contributed by atoms with Crippen molar-refractivity contribution in [3.05, 3.63) is 59.2 Å². The Hall–Kier alpha value is -2.43. The highest BCUT2D eigenvalue weighted by Gasteiger charge is 2.30. The number of carbonyl (C=O) groups excluding carboxylic acids is 2. The number of benzene rings is 1. The van der Waals surface area contributed by atoms with Crippen molar-refractivity contribution in [2.24, 2.45) is 0 Å². The minimum absolute atomic E-state index is 0.170. The average molecular weight is 301 g/mol. The van der Waals surface area contributed by atoms with E-state index in [1.54, 1.807) is 12.1 Å². The zero-order chi connectivity index (χ0) is 15.7. The first-order valence-electron chi connectivity index (χ1n) is 7.19. The molecule has 0 amide bonds. The molecule has 114 valence electrons. The molecule has 1 aromatic heterocycles. The number of ether oxygens (including phenoxy) is 1. The van der Waals surface area contributed by atoms with Crippen LogP contribution in [0.1, 0.15) is 40.5 Å². The summed E-state index contributed by atoms with van der Waals surface area (Å²) in [5, 5.41) is 0. The Bertz CT molecular complexity index is 718. The van der Waals surface area contributed by atoms with Crippen LogP contribution in [0.15, 0.2) is 36.4 Å². The van der Waals surface area contributed by atoms with E-state index in [0.717, 1.165) is 18.5 Å². The first-order valence-corrected chi connectivity index (χ1v) is 7.19. The van der Waals surface area contributed by atoms with Gasteiger partial charge >= 0.3 is 5.97 Å². The second kappa shape index (κ2) is 5.75. The molecule has 1 aliphatic heterocycles. The molecule has 0 saturated carbocycles. The molecule has 4 nitrogen and oxygen atoms in total. The Morgan fingerprint density at radius 2 is 1.91 bits per heavy atom. The number of nitrogens with zero attached hydrogens (tertiary/aromatic N) is 1. The molecule has 22 heavy (non-hydrogen) atoms. The molecule has 0 aliphatic carbocycles. The number of methoxy groups -OCH3 is 1. The summed E-state index contributed by atoms with van der Waals surface area (Å²) in [7, 11) is 1.37. The number of rotatable bonds is 3. The fourth-order valence-electron chi connectivity index (χ4n) is 2.97. The van der Waals surface area contributed by atoms with Gasteiger partial charge in [-0.1, -0.05) is 0 Å². The summed E-state index contributed by atoms with van der Waals surface area (Å²) < 4.78 is 19.7. The van der Waals surface area contributed by atoms with Gasteiger partial charge in [0, 0.05) is 17.8 Å². The minimum atomic E-state index is -0.375. The van der Waals surface area contributed by atoms with Gasteiger partial charge in [-0.15, -0.1) is 0 Å². The van der Waals surface area contributed by atoms with E-state index in [1.807, 2.05) is 4.57 Å². The minimum Gasteiger partial charge on any atom is -0.469 e. The molecular weight excluding hydrogens is 285 g/mol. The summed E-state index contributed by atoms with van der Waals surface area (Å²) in [6.45, 7) is 0.693. The maximum Gasteiger partial charge on any atom is 0.314 e. The van der Waals surface area contributed by atoms with Gasteiger partial charge in [-0.3, -0.25) is 9.59 Å². The molecule has 1 aromatic carbocycles. The molecule has 1 aliphatic rings. The summed E-state index contributed by atoms with van der Waals surface area (Å²) in [6, 6.07) is 9.01. The quantitative estimate of drug-likeness (QED) is 0.647. The van der Waals surface area contributed by atoms with Gasteiger partial charge in [-0.05, 0) is 49.2 Å². The standard InChI is InChI=1S/C17H16FNO3/c1-22-17(21)13-3-2-10-19-14(13)8-9-15(19)16(20)11-4-6-12(18)7-5-11/h4-9,13H,2-3,10H2,1H3. The van der Waals surface area contributed by atoms with Crippen molar-refractivity contribution in [3.63, 3.8) is 0 Å². The lowest BCUT2D eigenvalue weighted by molar-refractivity contribution is -0.143. The van der Waals surface area contributed by atoms with Crippen molar-refractivity contribution < 1.29 is 18.7 Å². The third kappa shape index (κ3) is 2.43. The summed E-state index contributed by atoms with van der Waals surface area (Å²) in [5.74, 6) is -1.15. The summed E-state index contributed by atoms with van der Waals surface area (Å²) in [6.07, 6.45) is 1.53. The Balaban J connectivity index is 1.96. The number of carbonyl (C=O) groups is 2. The van der Waals surface area contributed by atoms with Gasteiger partial charge in [0.05, 0.1) is 18.7 Å². The van der Waals surface area contributed by atoms with Crippen molar-refractivity contribution in [1.29, 1.82) is 0 Å². The predicted molar refractivity (Wildman–Crippen MR) is 78.3 cm³/mol. The van der Waals surface area contributed by atoms with Crippen LogP contribution >= 0.6 is 0 Å². The van der Waals surface area contributed by atoms with Crippen LogP contribution in [0.2, 0.25) is 0 Å². The SMILES string of the molecule is COC(=O)C1CCCn2c(C(=O)c3ccc(F)cc3)ccc21. The van der Waals surface area contributed by atoms with E-state index in [9.17, 15) is 14.0 Å². The molecule has 2 heterocycles. The first-order chi connectivity index (χ1) is 10.6. The fraction of sp³-hybridized carbons (Fsp3) is 0.294. The van der Waals surface area contributed by atoms with E-state index in [0.29, 0.717) is 17.8 Å². The molecule has 0 spiro atoms. The van der Waals surface area contributed by atoms with Crippen LogP contribution in [0.5, 0.6) is 0 Å². The van der Waals surface area contributed by atoms with Crippen molar-refractivity contribution in [3.8, 4) is 0 Å². The number of fused-ring (bicyclic) bond motifs is 1. The van der Waals surface area contributed by atoms with Crippen LogP contribution < -0.4 is 0 Å². The second-order valence-electron chi connectivity index (χ2n) is 5.35. The van der Waals surface area contributed by atoms with Gasteiger partial charge in [-0.2, -0.15) is 0 Å².